The average Bonchev–Trinajstić information content (AvgIpc) is 2.97. The normalized spacial score (nSPS) is 12.2. The van der Waals surface area contributed by atoms with E-state index in [0.29, 0.717) is 13.2 Å². The van der Waals surface area contributed by atoms with Crippen LogP contribution in [0.15, 0.2) is 34.1 Å². The molecule has 1 aromatic carbocycles. The number of hydrogen-bond acceptors (Lipinski definition) is 5. The summed E-state index contributed by atoms with van der Waals surface area (Å²) >= 11 is 5.11. The summed E-state index contributed by atoms with van der Waals surface area (Å²) in [4.78, 5) is 1.06. The topological polar surface area (TPSA) is 53.7 Å². The van der Waals surface area contributed by atoms with E-state index in [0.717, 1.165) is 26.4 Å². The average molecular weight is 372 g/mol. The SMILES string of the molecule is COCCOc1ccc(C(N)c2cc(OC)cs2)cc1Br. The Hall–Kier alpha value is -1.08. The Bertz CT molecular complexity index is 588. The van der Waals surface area contributed by atoms with Crippen LogP contribution < -0.4 is 15.2 Å². The fourth-order valence-electron chi connectivity index (χ4n) is 1.83. The van der Waals surface area contributed by atoms with Crippen molar-refractivity contribution in [1.82, 2.24) is 0 Å². The van der Waals surface area contributed by atoms with Crippen LogP contribution >= 0.6 is 27.3 Å². The molecule has 1 atom stereocenters. The van der Waals surface area contributed by atoms with Gasteiger partial charge in [0.25, 0.3) is 0 Å². The highest BCUT2D eigenvalue weighted by Gasteiger charge is 2.14. The summed E-state index contributed by atoms with van der Waals surface area (Å²) in [5, 5.41) is 1.95. The van der Waals surface area contributed by atoms with Crippen LogP contribution in [0, 0.1) is 0 Å². The first-order valence-electron chi connectivity index (χ1n) is 6.45. The van der Waals surface area contributed by atoms with E-state index in [1.807, 2.05) is 29.6 Å². The second-order valence-electron chi connectivity index (χ2n) is 4.40. The van der Waals surface area contributed by atoms with Gasteiger partial charge in [0, 0.05) is 17.4 Å². The molecule has 114 valence electrons. The molecule has 1 unspecified atom stereocenters. The number of halogens is 1. The number of ether oxygens (including phenoxy) is 3. The highest BCUT2D eigenvalue weighted by atomic mass is 79.9. The predicted octanol–water partition coefficient (Wildman–Crippen LogP) is 3.59. The first-order valence-corrected chi connectivity index (χ1v) is 8.12. The van der Waals surface area contributed by atoms with E-state index in [-0.39, 0.29) is 6.04 Å². The standard InChI is InChI=1S/C15H18BrNO3S/c1-18-5-6-20-13-4-3-10(7-12(13)16)15(17)14-8-11(19-2)9-21-14/h3-4,7-9,15H,5-6,17H2,1-2H3. The zero-order valence-electron chi connectivity index (χ0n) is 12.0. The van der Waals surface area contributed by atoms with Crippen LogP contribution in [0.3, 0.4) is 0 Å². The molecule has 6 heteroatoms. The number of rotatable bonds is 7. The zero-order chi connectivity index (χ0) is 15.2. The first kappa shape index (κ1) is 16.3. The molecule has 2 N–H and O–H groups in total. The second kappa shape index (κ2) is 7.79. The highest BCUT2D eigenvalue weighted by molar-refractivity contribution is 9.10. The van der Waals surface area contributed by atoms with Gasteiger partial charge in [0.05, 0.1) is 24.2 Å². The quantitative estimate of drug-likeness (QED) is 0.755. The summed E-state index contributed by atoms with van der Waals surface area (Å²) in [6.07, 6.45) is 0. The molecule has 0 fully saturated rings. The minimum absolute atomic E-state index is 0.178. The van der Waals surface area contributed by atoms with Crippen molar-refractivity contribution in [3.8, 4) is 11.5 Å². The van der Waals surface area contributed by atoms with Crippen molar-refractivity contribution in [2.24, 2.45) is 5.73 Å². The van der Waals surface area contributed by atoms with Gasteiger partial charge >= 0.3 is 0 Å². The van der Waals surface area contributed by atoms with Crippen LogP contribution in [0.1, 0.15) is 16.5 Å². The molecule has 0 saturated carbocycles. The van der Waals surface area contributed by atoms with E-state index in [4.69, 9.17) is 19.9 Å². The van der Waals surface area contributed by atoms with E-state index in [2.05, 4.69) is 15.9 Å². The second-order valence-corrected chi connectivity index (χ2v) is 6.19. The van der Waals surface area contributed by atoms with Gasteiger partial charge in [-0.15, -0.1) is 11.3 Å². The molecule has 4 nitrogen and oxygen atoms in total. The third-order valence-electron chi connectivity index (χ3n) is 3.00. The van der Waals surface area contributed by atoms with Crippen molar-refractivity contribution in [2.45, 2.75) is 6.04 Å². The molecule has 0 radical (unpaired) electrons. The maximum Gasteiger partial charge on any atom is 0.133 e. The number of methoxy groups -OCH3 is 2. The predicted molar refractivity (Wildman–Crippen MR) is 88.4 cm³/mol. The monoisotopic (exact) mass is 371 g/mol. The highest BCUT2D eigenvalue weighted by Crippen LogP contribution is 2.33. The number of benzene rings is 1. The van der Waals surface area contributed by atoms with Gasteiger partial charge in [-0.25, -0.2) is 0 Å². The minimum Gasteiger partial charge on any atom is -0.496 e. The third kappa shape index (κ3) is 4.20. The maximum absolute atomic E-state index is 6.30. The van der Waals surface area contributed by atoms with Gasteiger partial charge in [-0.2, -0.15) is 0 Å². The van der Waals surface area contributed by atoms with E-state index in [1.165, 1.54) is 0 Å². The Kier molecular flexibility index (Phi) is 6.05. The molecule has 0 aliphatic rings. The van der Waals surface area contributed by atoms with Crippen molar-refractivity contribution in [3.05, 3.63) is 44.6 Å². The van der Waals surface area contributed by atoms with Gasteiger partial charge in [-0.3, -0.25) is 0 Å². The third-order valence-corrected chi connectivity index (χ3v) is 4.61. The van der Waals surface area contributed by atoms with Crippen LogP contribution in [-0.2, 0) is 4.74 Å². The lowest BCUT2D eigenvalue weighted by atomic mass is 10.1. The molecular weight excluding hydrogens is 354 g/mol. The van der Waals surface area contributed by atoms with Gasteiger partial charge in [0.15, 0.2) is 0 Å². The number of hydrogen-bond donors (Lipinski definition) is 1. The molecule has 1 heterocycles. The van der Waals surface area contributed by atoms with Gasteiger partial charge in [0.2, 0.25) is 0 Å². The summed E-state index contributed by atoms with van der Waals surface area (Å²) in [5.41, 5.74) is 7.32. The van der Waals surface area contributed by atoms with Crippen LogP contribution in [0.25, 0.3) is 0 Å². The summed E-state index contributed by atoms with van der Waals surface area (Å²) in [7, 11) is 3.30. The Balaban J connectivity index is 2.11. The van der Waals surface area contributed by atoms with Gasteiger partial charge in [-0.1, -0.05) is 6.07 Å². The lowest BCUT2D eigenvalue weighted by Crippen LogP contribution is -2.10. The number of thiophene rings is 1. The van der Waals surface area contributed by atoms with E-state index < -0.39 is 0 Å². The van der Waals surface area contributed by atoms with Crippen molar-refractivity contribution >= 4 is 27.3 Å². The largest absolute Gasteiger partial charge is 0.496 e. The molecule has 0 aliphatic carbocycles. The maximum atomic E-state index is 6.30. The summed E-state index contributed by atoms with van der Waals surface area (Å²) in [6.45, 7) is 1.07. The van der Waals surface area contributed by atoms with Crippen molar-refractivity contribution in [3.63, 3.8) is 0 Å². The Morgan fingerprint density at radius 3 is 2.67 bits per heavy atom. The Morgan fingerprint density at radius 2 is 2.05 bits per heavy atom. The lowest BCUT2D eigenvalue weighted by molar-refractivity contribution is 0.146. The summed E-state index contributed by atoms with van der Waals surface area (Å²) in [6, 6.07) is 7.66. The molecule has 21 heavy (non-hydrogen) atoms. The van der Waals surface area contributed by atoms with Crippen LogP contribution in [0.5, 0.6) is 11.5 Å². The van der Waals surface area contributed by atoms with Crippen LogP contribution in [-0.4, -0.2) is 27.4 Å². The number of nitrogens with two attached hydrogens (primary N) is 1. The van der Waals surface area contributed by atoms with E-state index >= 15 is 0 Å². The van der Waals surface area contributed by atoms with Gasteiger partial charge in [0.1, 0.15) is 18.1 Å². The zero-order valence-corrected chi connectivity index (χ0v) is 14.4. The fourth-order valence-corrected chi connectivity index (χ4v) is 3.23. The van der Waals surface area contributed by atoms with Crippen molar-refractivity contribution < 1.29 is 14.2 Å². The molecule has 0 amide bonds. The lowest BCUT2D eigenvalue weighted by Gasteiger charge is -2.13. The van der Waals surface area contributed by atoms with Gasteiger partial charge in [-0.05, 0) is 39.7 Å². The van der Waals surface area contributed by atoms with Crippen molar-refractivity contribution in [2.75, 3.05) is 27.4 Å². The molecule has 0 bridgehead atoms. The van der Waals surface area contributed by atoms with Gasteiger partial charge < -0.3 is 19.9 Å². The molecule has 2 aromatic rings. The molecular formula is C15H18BrNO3S. The molecule has 1 aromatic heterocycles. The smallest absolute Gasteiger partial charge is 0.133 e. The van der Waals surface area contributed by atoms with Crippen LogP contribution in [0.2, 0.25) is 0 Å². The fraction of sp³-hybridized carbons (Fsp3) is 0.333. The molecule has 0 spiro atoms. The molecule has 2 rings (SSSR count). The summed E-state index contributed by atoms with van der Waals surface area (Å²) in [5.74, 6) is 1.62. The first-order chi connectivity index (χ1) is 10.2. The molecule has 0 saturated heterocycles. The van der Waals surface area contributed by atoms with E-state index in [9.17, 15) is 0 Å². The molecule has 0 aliphatic heterocycles. The van der Waals surface area contributed by atoms with Crippen molar-refractivity contribution in [1.29, 1.82) is 0 Å². The summed E-state index contributed by atoms with van der Waals surface area (Å²) < 4.78 is 16.7. The van der Waals surface area contributed by atoms with E-state index in [1.54, 1.807) is 25.6 Å². The Morgan fingerprint density at radius 1 is 1.24 bits per heavy atom. The Labute approximate surface area is 137 Å². The van der Waals surface area contributed by atoms with Crippen LogP contribution in [0.4, 0.5) is 0 Å². The minimum atomic E-state index is -0.178.